The van der Waals surface area contributed by atoms with Gasteiger partial charge in [-0.2, -0.15) is 0 Å². The second-order valence-electron chi connectivity index (χ2n) is 6.93. The van der Waals surface area contributed by atoms with Crippen molar-refractivity contribution in [1.82, 2.24) is 10.2 Å². The number of rotatable bonds is 5. The van der Waals surface area contributed by atoms with Gasteiger partial charge < -0.3 is 15.8 Å². The Kier molecular flexibility index (Phi) is 6.43. The highest BCUT2D eigenvalue weighted by Crippen LogP contribution is 2.21. The molecule has 0 aromatic heterocycles. The van der Waals surface area contributed by atoms with Crippen LogP contribution in [0.2, 0.25) is 0 Å². The molecular weight excluding hydrogens is 254 g/mol. The molecule has 0 saturated carbocycles. The first-order chi connectivity index (χ1) is 9.26. The molecule has 118 valence electrons. The lowest BCUT2D eigenvalue weighted by atomic mass is 9.94. The quantitative estimate of drug-likeness (QED) is 0.790. The molecule has 1 aliphatic heterocycles. The number of piperidine rings is 1. The minimum absolute atomic E-state index is 0.0699. The predicted molar refractivity (Wildman–Crippen MR) is 81.5 cm³/mol. The van der Waals surface area contributed by atoms with E-state index in [9.17, 15) is 4.79 Å². The summed E-state index contributed by atoms with van der Waals surface area (Å²) in [7, 11) is 1.76. The van der Waals surface area contributed by atoms with E-state index in [1.54, 1.807) is 7.11 Å². The fourth-order valence-electron chi connectivity index (χ4n) is 2.74. The molecule has 1 saturated heterocycles. The van der Waals surface area contributed by atoms with Gasteiger partial charge in [0.25, 0.3) is 0 Å². The summed E-state index contributed by atoms with van der Waals surface area (Å²) in [6.45, 7) is 10.6. The molecule has 0 bridgehead atoms. The van der Waals surface area contributed by atoms with Crippen molar-refractivity contribution >= 4 is 5.91 Å². The van der Waals surface area contributed by atoms with Crippen LogP contribution in [0.3, 0.4) is 0 Å². The van der Waals surface area contributed by atoms with E-state index in [2.05, 4.69) is 17.1 Å². The molecule has 1 amide bonds. The van der Waals surface area contributed by atoms with Crippen molar-refractivity contribution in [3.8, 4) is 0 Å². The molecule has 0 aromatic carbocycles. The van der Waals surface area contributed by atoms with E-state index in [0.717, 1.165) is 19.5 Å². The van der Waals surface area contributed by atoms with Crippen LogP contribution in [-0.2, 0) is 9.53 Å². The summed E-state index contributed by atoms with van der Waals surface area (Å²) in [5.41, 5.74) is 5.68. The average molecular weight is 285 g/mol. The maximum Gasteiger partial charge on any atom is 0.222 e. The van der Waals surface area contributed by atoms with Gasteiger partial charge in [-0.3, -0.25) is 9.69 Å². The number of amides is 1. The third kappa shape index (κ3) is 5.38. The average Bonchev–Trinajstić information content (AvgIpc) is 2.34. The molecule has 3 unspecified atom stereocenters. The lowest BCUT2D eigenvalue weighted by Gasteiger charge is -2.40. The first kappa shape index (κ1) is 17.4. The number of methoxy groups -OCH3 is 1. The minimum Gasteiger partial charge on any atom is -0.380 e. The van der Waals surface area contributed by atoms with E-state index in [-0.39, 0.29) is 23.6 Å². The van der Waals surface area contributed by atoms with Gasteiger partial charge in [0, 0.05) is 38.2 Å². The Bertz CT molecular complexity index is 315. The summed E-state index contributed by atoms with van der Waals surface area (Å²) >= 11 is 0. The zero-order valence-electron chi connectivity index (χ0n) is 13.6. The van der Waals surface area contributed by atoms with Gasteiger partial charge in [0.1, 0.15) is 0 Å². The summed E-state index contributed by atoms with van der Waals surface area (Å²) in [5.74, 6) is 0.638. The second kappa shape index (κ2) is 7.38. The third-order valence-corrected chi connectivity index (χ3v) is 3.95. The monoisotopic (exact) mass is 285 g/mol. The summed E-state index contributed by atoms with van der Waals surface area (Å²) in [4.78, 5) is 14.4. The number of carbonyl (C=O) groups is 1. The summed E-state index contributed by atoms with van der Waals surface area (Å²) < 4.78 is 5.53. The van der Waals surface area contributed by atoms with Crippen LogP contribution in [0.5, 0.6) is 0 Å². The largest absolute Gasteiger partial charge is 0.380 e. The van der Waals surface area contributed by atoms with Crippen LogP contribution < -0.4 is 11.1 Å². The van der Waals surface area contributed by atoms with E-state index in [1.807, 2.05) is 20.8 Å². The van der Waals surface area contributed by atoms with Crippen LogP contribution >= 0.6 is 0 Å². The SMILES string of the molecule is COC1CN(C(CN)CC(=O)NC(C)(C)C)CCC1C. The van der Waals surface area contributed by atoms with Gasteiger partial charge in [-0.15, -0.1) is 0 Å². The van der Waals surface area contributed by atoms with E-state index < -0.39 is 0 Å². The van der Waals surface area contributed by atoms with Crippen molar-refractivity contribution in [3.63, 3.8) is 0 Å². The molecule has 1 rings (SSSR count). The highest BCUT2D eigenvalue weighted by Gasteiger charge is 2.31. The predicted octanol–water partition coefficient (Wildman–Crippen LogP) is 0.975. The fraction of sp³-hybridized carbons (Fsp3) is 0.933. The molecule has 3 atom stereocenters. The minimum atomic E-state index is -0.193. The van der Waals surface area contributed by atoms with Crippen LogP contribution in [0.4, 0.5) is 0 Å². The Labute approximate surface area is 123 Å². The van der Waals surface area contributed by atoms with Crippen molar-refractivity contribution in [2.24, 2.45) is 11.7 Å². The maximum atomic E-state index is 12.1. The molecule has 0 spiro atoms. The normalized spacial score (nSPS) is 26.3. The molecule has 3 N–H and O–H groups in total. The molecule has 0 radical (unpaired) electrons. The fourth-order valence-corrected chi connectivity index (χ4v) is 2.74. The Morgan fingerprint density at radius 1 is 1.50 bits per heavy atom. The van der Waals surface area contributed by atoms with E-state index in [1.165, 1.54) is 0 Å². The molecule has 5 heteroatoms. The van der Waals surface area contributed by atoms with Crippen molar-refractivity contribution in [3.05, 3.63) is 0 Å². The maximum absolute atomic E-state index is 12.1. The van der Waals surface area contributed by atoms with Gasteiger partial charge in [-0.05, 0) is 39.7 Å². The summed E-state index contributed by atoms with van der Waals surface area (Å²) in [5, 5.41) is 3.00. The Morgan fingerprint density at radius 3 is 2.65 bits per heavy atom. The van der Waals surface area contributed by atoms with E-state index >= 15 is 0 Å². The van der Waals surface area contributed by atoms with E-state index in [0.29, 0.717) is 18.9 Å². The number of hydrogen-bond donors (Lipinski definition) is 2. The van der Waals surface area contributed by atoms with Crippen molar-refractivity contribution in [2.45, 2.75) is 58.2 Å². The second-order valence-corrected chi connectivity index (χ2v) is 6.93. The van der Waals surface area contributed by atoms with Crippen molar-refractivity contribution in [2.75, 3.05) is 26.7 Å². The first-order valence-electron chi connectivity index (χ1n) is 7.54. The molecular formula is C15H31N3O2. The number of carbonyl (C=O) groups excluding carboxylic acids is 1. The summed E-state index contributed by atoms with van der Waals surface area (Å²) in [6.07, 6.45) is 1.79. The highest BCUT2D eigenvalue weighted by atomic mass is 16.5. The van der Waals surface area contributed by atoms with Crippen LogP contribution in [0.25, 0.3) is 0 Å². The third-order valence-electron chi connectivity index (χ3n) is 3.95. The lowest BCUT2D eigenvalue weighted by Crippen LogP contribution is -2.53. The Morgan fingerprint density at radius 2 is 2.15 bits per heavy atom. The van der Waals surface area contributed by atoms with Gasteiger partial charge in [0.15, 0.2) is 0 Å². The molecule has 0 aromatic rings. The number of hydrogen-bond acceptors (Lipinski definition) is 4. The van der Waals surface area contributed by atoms with Crippen LogP contribution in [0, 0.1) is 5.92 Å². The van der Waals surface area contributed by atoms with Gasteiger partial charge >= 0.3 is 0 Å². The first-order valence-corrected chi connectivity index (χ1v) is 7.54. The van der Waals surface area contributed by atoms with Crippen LogP contribution in [-0.4, -0.2) is 55.2 Å². The van der Waals surface area contributed by atoms with E-state index in [4.69, 9.17) is 10.5 Å². The van der Waals surface area contributed by atoms with Gasteiger partial charge in [0.2, 0.25) is 5.91 Å². The zero-order valence-corrected chi connectivity index (χ0v) is 13.6. The Hall–Kier alpha value is -0.650. The molecule has 1 fully saturated rings. The van der Waals surface area contributed by atoms with Crippen molar-refractivity contribution in [1.29, 1.82) is 0 Å². The number of likely N-dealkylation sites (tertiary alicyclic amines) is 1. The number of ether oxygens (including phenoxy) is 1. The van der Waals surface area contributed by atoms with Crippen LogP contribution in [0.15, 0.2) is 0 Å². The van der Waals surface area contributed by atoms with Crippen molar-refractivity contribution < 1.29 is 9.53 Å². The number of nitrogens with two attached hydrogens (primary N) is 1. The molecule has 5 nitrogen and oxygen atoms in total. The van der Waals surface area contributed by atoms with Gasteiger partial charge in [-0.25, -0.2) is 0 Å². The van der Waals surface area contributed by atoms with Crippen LogP contribution in [0.1, 0.15) is 40.5 Å². The standard InChI is InChI=1S/C15H31N3O2/c1-11-6-7-18(10-13(11)20-5)12(9-16)8-14(19)17-15(2,3)4/h11-13H,6-10,16H2,1-5H3,(H,17,19). The molecule has 20 heavy (non-hydrogen) atoms. The molecule has 1 aliphatic rings. The van der Waals surface area contributed by atoms with Gasteiger partial charge in [-0.1, -0.05) is 6.92 Å². The smallest absolute Gasteiger partial charge is 0.222 e. The number of nitrogens with one attached hydrogen (secondary N) is 1. The Balaban J connectivity index is 2.56. The topological polar surface area (TPSA) is 67.6 Å². The highest BCUT2D eigenvalue weighted by molar-refractivity contribution is 5.77. The molecule has 1 heterocycles. The summed E-state index contributed by atoms with van der Waals surface area (Å²) in [6, 6.07) is 0.0995. The number of nitrogens with zero attached hydrogens (tertiary/aromatic N) is 1. The zero-order chi connectivity index (χ0) is 15.3. The molecule has 0 aliphatic carbocycles. The van der Waals surface area contributed by atoms with Gasteiger partial charge in [0.05, 0.1) is 6.10 Å². The lowest BCUT2D eigenvalue weighted by molar-refractivity contribution is -0.124.